The van der Waals surface area contributed by atoms with Crippen LogP contribution in [0.3, 0.4) is 0 Å². The van der Waals surface area contributed by atoms with E-state index in [0.29, 0.717) is 19.8 Å². The van der Waals surface area contributed by atoms with Gasteiger partial charge in [0.15, 0.2) is 0 Å². The number of unbranched alkanes of at least 4 members (excludes halogenated alkanes) is 1. The second kappa shape index (κ2) is 6.21. The Morgan fingerprint density at radius 1 is 1.56 bits per heavy atom. The second-order valence-corrected chi connectivity index (χ2v) is 4.83. The number of hydrogen-bond acceptors (Lipinski definition) is 3. The Bertz CT molecular complexity index is 224. The molecule has 1 aliphatic rings. The van der Waals surface area contributed by atoms with Gasteiger partial charge in [0.05, 0.1) is 6.61 Å². The van der Waals surface area contributed by atoms with Crippen molar-refractivity contribution in [2.45, 2.75) is 32.6 Å². The summed E-state index contributed by atoms with van der Waals surface area (Å²) in [6, 6.07) is 0. The fourth-order valence-electron chi connectivity index (χ4n) is 2.24. The summed E-state index contributed by atoms with van der Waals surface area (Å²) in [5, 5.41) is 9.36. The molecule has 1 fully saturated rings. The molecule has 0 saturated carbocycles. The molecule has 94 valence electrons. The zero-order chi connectivity index (χ0) is 12.0. The summed E-state index contributed by atoms with van der Waals surface area (Å²) in [6.07, 6.45) is 3.85. The van der Waals surface area contributed by atoms with Crippen molar-refractivity contribution < 1.29 is 14.6 Å². The monoisotopic (exact) mass is 229 g/mol. The van der Waals surface area contributed by atoms with Gasteiger partial charge in [0.1, 0.15) is 5.41 Å². The van der Waals surface area contributed by atoms with E-state index in [4.69, 9.17) is 4.74 Å². The van der Waals surface area contributed by atoms with Gasteiger partial charge in [-0.2, -0.15) is 0 Å². The molecule has 1 saturated heterocycles. The third-order valence-electron chi connectivity index (χ3n) is 3.24. The van der Waals surface area contributed by atoms with Crippen molar-refractivity contribution in [3.8, 4) is 0 Å². The van der Waals surface area contributed by atoms with E-state index in [9.17, 15) is 9.90 Å². The zero-order valence-corrected chi connectivity index (χ0v) is 10.4. The Kier molecular flexibility index (Phi) is 5.22. The summed E-state index contributed by atoms with van der Waals surface area (Å²) in [4.78, 5) is 13.5. The Morgan fingerprint density at radius 3 is 2.81 bits per heavy atom. The fraction of sp³-hybridized carbons (Fsp3) is 0.917. The topological polar surface area (TPSA) is 49.8 Å². The molecule has 0 radical (unpaired) electrons. The Balaban J connectivity index is 2.53. The van der Waals surface area contributed by atoms with Gasteiger partial charge in [-0.15, -0.1) is 0 Å². The number of rotatable bonds is 6. The molecule has 0 aromatic heterocycles. The molecule has 1 aliphatic heterocycles. The van der Waals surface area contributed by atoms with Gasteiger partial charge in [0, 0.05) is 13.2 Å². The number of hydrogen-bond donors (Lipinski definition) is 1. The summed E-state index contributed by atoms with van der Waals surface area (Å²) < 4.78 is 5.34. The highest BCUT2D eigenvalue weighted by Crippen LogP contribution is 2.29. The van der Waals surface area contributed by atoms with Crippen LogP contribution >= 0.6 is 0 Å². The van der Waals surface area contributed by atoms with Crippen molar-refractivity contribution in [3.63, 3.8) is 0 Å². The van der Waals surface area contributed by atoms with Crippen molar-refractivity contribution in [1.82, 2.24) is 4.90 Å². The minimum atomic E-state index is -0.712. The van der Waals surface area contributed by atoms with E-state index in [1.54, 1.807) is 0 Å². The zero-order valence-electron chi connectivity index (χ0n) is 10.4. The SMILES string of the molecule is CCCCN(C)CC1(C(=O)O)CCCOC1. The first kappa shape index (κ1) is 13.5. The van der Waals surface area contributed by atoms with Crippen LogP contribution in [-0.4, -0.2) is 49.3 Å². The minimum absolute atomic E-state index is 0.360. The maximum atomic E-state index is 11.4. The summed E-state index contributed by atoms with van der Waals surface area (Å²) in [6.45, 7) is 4.77. The average Bonchev–Trinajstić information content (AvgIpc) is 2.27. The highest BCUT2D eigenvalue weighted by molar-refractivity contribution is 5.75. The van der Waals surface area contributed by atoms with Crippen LogP contribution in [0, 0.1) is 5.41 Å². The third kappa shape index (κ3) is 3.46. The van der Waals surface area contributed by atoms with Gasteiger partial charge in [-0.3, -0.25) is 4.79 Å². The largest absolute Gasteiger partial charge is 0.481 e. The highest BCUT2D eigenvalue weighted by Gasteiger charge is 2.41. The summed E-state index contributed by atoms with van der Waals surface area (Å²) >= 11 is 0. The van der Waals surface area contributed by atoms with E-state index >= 15 is 0 Å². The molecule has 4 heteroatoms. The molecule has 0 aromatic carbocycles. The van der Waals surface area contributed by atoms with E-state index in [1.807, 2.05) is 7.05 Å². The first-order valence-corrected chi connectivity index (χ1v) is 6.10. The highest BCUT2D eigenvalue weighted by atomic mass is 16.5. The second-order valence-electron chi connectivity index (χ2n) is 4.83. The average molecular weight is 229 g/mol. The van der Waals surface area contributed by atoms with Gasteiger partial charge in [-0.1, -0.05) is 13.3 Å². The molecular weight excluding hydrogens is 206 g/mol. The lowest BCUT2D eigenvalue weighted by atomic mass is 9.82. The molecule has 4 nitrogen and oxygen atoms in total. The molecule has 16 heavy (non-hydrogen) atoms. The van der Waals surface area contributed by atoms with Crippen LogP contribution in [0.2, 0.25) is 0 Å². The van der Waals surface area contributed by atoms with Crippen molar-refractivity contribution in [3.05, 3.63) is 0 Å². The number of carbonyl (C=O) groups is 1. The third-order valence-corrected chi connectivity index (χ3v) is 3.24. The lowest BCUT2D eigenvalue weighted by Gasteiger charge is -2.36. The smallest absolute Gasteiger partial charge is 0.313 e. The summed E-state index contributed by atoms with van der Waals surface area (Å²) in [5.74, 6) is -0.712. The normalized spacial score (nSPS) is 25.9. The number of nitrogens with zero attached hydrogens (tertiary/aromatic N) is 1. The van der Waals surface area contributed by atoms with Gasteiger partial charge in [0.25, 0.3) is 0 Å². The van der Waals surface area contributed by atoms with Crippen molar-refractivity contribution in [1.29, 1.82) is 0 Å². The lowest BCUT2D eigenvalue weighted by molar-refractivity contribution is -0.159. The van der Waals surface area contributed by atoms with Crippen molar-refractivity contribution in [2.24, 2.45) is 5.41 Å². The maximum absolute atomic E-state index is 11.4. The number of carboxylic acid groups (broad SMARTS) is 1. The molecule has 1 N–H and O–H groups in total. The summed E-state index contributed by atoms with van der Waals surface area (Å²) in [7, 11) is 1.99. The molecule has 1 atom stereocenters. The molecule has 1 heterocycles. The minimum Gasteiger partial charge on any atom is -0.481 e. The number of ether oxygens (including phenoxy) is 1. The standard InChI is InChI=1S/C12H23NO3/c1-3-4-7-13(2)9-12(11(14)15)6-5-8-16-10-12/h3-10H2,1-2H3,(H,14,15). The van der Waals surface area contributed by atoms with Crippen LogP contribution in [-0.2, 0) is 9.53 Å². The first-order valence-electron chi connectivity index (χ1n) is 6.10. The first-order chi connectivity index (χ1) is 7.60. The fourth-order valence-corrected chi connectivity index (χ4v) is 2.24. The van der Waals surface area contributed by atoms with E-state index in [2.05, 4.69) is 11.8 Å². The molecule has 0 aliphatic carbocycles. The quantitative estimate of drug-likeness (QED) is 0.751. The molecule has 1 unspecified atom stereocenters. The van der Waals surface area contributed by atoms with E-state index in [-0.39, 0.29) is 0 Å². The van der Waals surface area contributed by atoms with Crippen LogP contribution in [0.4, 0.5) is 0 Å². The molecule has 1 rings (SSSR count). The van der Waals surface area contributed by atoms with E-state index in [1.165, 1.54) is 0 Å². The Morgan fingerprint density at radius 2 is 2.31 bits per heavy atom. The summed E-state index contributed by atoms with van der Waals surface area (Å²) in [5.41, 5.74) is -0.680. The van der Waals surface area contributed by atoms with Gasteiger partial charge in [0.2, 0.25) is 0 Å². The molecule has 0 aromatic rings. The van der Waals surface area contributed by atoms with Gasteiger partial charge >= 0.3 is 5.97 Å². The predicted octanol–water partition coefficient (Wildman–Crippen LogP) is 1.60. The number of aliphatic carboxylic acids is 1. The number of carboxylic acids is 1. The van der Waals surface area contributed by atoms with Crippen LogP contribution < -0.4 is 0 Å². The van der Waals surface area contributed by atoms with Crippen molar-refractivity contribution >= 4 is 5.97 Å². The van der Waals surface area contributed by atoms with Crippen LogP contribution in [0.5, 0.6) is 0 Å². The molecule has 0 amide bonds. The lowest BCUT2D eigenvalue weighted by Crippen LogP contribution is -2.47. The van der Waals surface area contributed by atoms with Crippen LogP contribution in [0.15, 0.2) is 0 Å². The van der Waals surface area contributed by atoms with E-state index < -0.39 is 11.4 Å². The van der Waals surface area contributed by atoms with E-state index in [0.717, 1.165) is 32.2 Å². The van der Waals surface area contributed by atoms with Gasteiger partial charge < -0.3 is 14.7 Å². The maximum Gasteiger partial charge on any atom is 0.313 e. The van der Waals surface area contributed by atoms with Crippen LogP contribution in [0.1, 0.15) is 32.6 Å². The van der Waals surface area contributed by atoms with Gasteiger partial charge in [-0.25, -0.2) is 0 Å². The molecule has 0 bridgehead atoms. The Labute approximate surface area is 97.6 Å². The Hall–Kier alpha value is -0.610. The van der Waals surface area contributed by atoms with Gasteiger partial charge in [-0.05, 0) is 32.9 Å². The molecule has 0 spiro atoms. The predicted molar refractivity (Wildman–Crippen MR) is 62.5 cm³/mol. The molecular formula is C12H23NO3. The van der Waals surface area contributed by atoms with Crippen LogP contribution in [0.25, 0.3) is 0 Å². The van der Waals surface area contributed by atoms with Crippen molar-refractivity contribution in [2.75, 3.05) is 33.4 Å².